The fourth-order valence-corrected chi connectivity index (χ4v) is 1.87. The van der Waals surface area contributed by atoms with Crippen molar-refractivity contribution in [1.82, 2.24) is 0 Å². The van der Waals surface area contributed by atoms with Crippen molar-refractivity contribution in [2.24, 2.45) is 0 Å². The molecule has 5 heteroatoms. The van der Waals surface area contributed by atoms with Crippen LogP contribution in [-0.4, -0.2) is 5.91 Å². The lowest BCUT2D eigenvalue weighted by Gasteiger charge is -2.24. The molecule has 1 amide bonds. The molecule has 0 aliphatic rings. The van der Waals surface area contributed by atoms with Crippen molar-refractivity contribution in [3.05, 3.63) is 65.5 Å². The molecule has 21 heavy (non-hydrogen) atoms. The van der Waals surface area contributed by atoms with Crippen LogP contribution >= 0.6 is 0 Å². The minimum Gasteiger partial charge on any atom is -0.323 e. The zero-order valence-electron chi connectivity index (χ0n) is 11.6. The predicted octanol–water partition coefficient (Wildman–Crippen LogP) is 4.02. The number of hydrogen-bond acceptors (Lipinski definition) is 1. The maximum absolute atomic E-state index is 13.6. The molecule has 0 spiro atoms. The monoisotopic (exact) mass is 293 g/mol. The molecule has 0 aliphatic carbocycles. The van der Waals surface area contributed by atoms with Gasteiger partial charge in [0.2, 0.25) is 5.91 Å². The summed E-state index contributed by atoms with van der Waals surface area (Å²) in [5, 5.41) is 2.42. The summed E-state index contributed by atoms with van der Waals surface area (Å²) in [6.07, 6.45) is 0. The van der Waals surface area contributed by atoms with Gasteiger partial charge in [-0.2, -0.15) is 0 Å². The number of anilines is 1. The Morgan fingerprint density at radius 2 is 1.52 bits per heavy atom. The summed E-state index contributed by atoms with van der Waals surface area (Å²) in [4.78, 5) is 12.3. The average molecular weight is 293 g/mol. The first-order chi connectivity index (χ1) is 9.80. The molecule has 0 aromatic heterocycles. The summed E-state index contributed by atoms with van der Waals surface area (Å²) in [6, 6.07) is 8.41. The fourth-order valence-electron chi connectivity index (χ4n) is 1.87. The Morgan fingerprint density at radius 3 is 2.10 bits per heavy atom. The minimum absolute atomic E-state index is 0.100. The van der Waals surface area contributed by atoms with Crippen molar-refractivity contribution >= 4 is 11.6 Å². The van der Waals surface area contributed by atoms with E-state index in [0.29, 0.717) is 11.6 Å². The Bertz CT molecular complexity index is 666. The SMILES string of the molecule is CC(C)(C(=O)Nc1ccc(F)cc1F)c1ccc(F)cc1. The molecular weight excluding hydrogens is 279 g/mol. The van der Waals surface area contributed by atoms with Crippen LogP contribution in [0.25, 0.3) is 0 Å². The van der Waals surface area contributed by atoms with Crippen LogP contribution in [0.2, 0.25) is 0 Å². The highest BCUT2D eigenvalue weighted by Crippen LogP contribution is 2.26. The number of halogens is 3. The zero-order chi connectivity index (χ0) is 15.6. The summed E-state index contributed by atoms with van der Waals surface area (Å²) < 4.78 is 39.3. The first-order valence-electron chi connectivity index (χ1n) is 6.33. The lowest BCUT2D eigenvalue weighted by atomic mass is 9.83. The topological polar surface area (TPSA) is 29.1 Å². The summed E-state index contributed by atoms with van der Waals surface area (Å²) in [6.45, 7) is 3.27. The Labute approximate surface area is 120 Å². The van der Waals surface area contributed by atoms with E-state index in [0.717, 1.165) is 12.1 Å². The molecule has 2 rings (SSSR count). The first kappa shape index (κ1) is 15.1. The lowest BCUT2D eigenvalue weighted by Crippen LogP contribution is -2.35. The Hall–Kier alpha value is -2.30. The predicted molar refractivity (Wildman–Crippen MR) is 74.4 cm³/mol. The van der Waals surface area contributed by atoms with Gasteiger partial charge >= 0.3 is 0 Å². The largest absolute Gasteiger partial charge is 0.323 e. The van der Waals surface area contributed by atoms with Gasteiger partial charge in [-0.05, 0) is 43.7 Å². The lowest BCUT2D eigenvalue weighted by molar-refractivity contribution is -0.120. The third-order valence-electron chi connectivity index (χ3n) is 3.31. The Balaban J connectivity index is 2.24. The van der Waals surface area contributed by atoms with E-state index in [9.17, 15) is 18.0 Å². The van der Waals surface area contributed by atoms with Gasteiger partial charge < -0.3 is 5.32 Å². The summed E-state index contributed by atoms with van der Waals surface area (Å²) >= 11 is 0. The van der Waals surface area contributed by atoms with Crippen LogP contribution in [0, 0.1) is 17.5 Å². The molecule has 0 atom stereocenters. The number of carbonyl (C=O) groups excluding carboxylic acids is 1. The van der Waals surface area contributed by atoms with E-state index < -0.39 is 28.8 Å². The molecule has 0 radical (unpaired) electrons. The van der Waals surface area contributed by atoms with Gasteiger partial charge in [-0.15, -0.1) is 0 Å². The Morgan fingerprint density at radius 1 is 0.952 bits per heavy atom. The molecule has 2 aromatic rings. The normalized spacial score (nSPS) is 11.3. The minimum atomic E-state index is -0.992. The molecule has 0 saturated heterocycles. The van der Waals surface area contributed by atoms with Crippen LogP contribution in [0.3, 0.4) is 0 Å². The van der Waals surface area contributed by atoms with E-state index in [-0.39, 0.29) is 5.69 Å². The number of nitrogens with one attached hydrogen (secondary N) is 1. The van der Waals surface area contributed by atoms with Crippen LogP contribution in [0.5, 0.6) is 0 Å². The van der Waals surface area contributed by atoms with Gasteiger partial charge in [0.15, 0.2) is 0 Å². The second kappa shape index (κ2) is 5.60. The van der Waals surface area contributed by atoms with E-state index in [1.165, 1.54) is 24.3 Å². The van der Waals surface area contributed by atoms with Crippen LogP contribution in [0.15, 0.2) is 42.5 Å². The highest BCUT2D eigenvalue weighted by atomic mass is 19.1. The van der Waals surface area contributed by atoms with Crippen molar-refractivity contribution in [1.29, 1.82) is 0 Å². The van der Waals surface area contributed by atoms with Crippen LogP contribution in [0.4, 0.5) is 18.9 Å². The van der Waals surface area contributed by atoms with Crippen molar-refractivity contribution in [3.63, 3.8) is 0 Å². The Kier molecular flexibility index (Phi) is 4.02. The number of benzene rings is 2. The quantitative estimate of drug-likeness (QED) is 0.910. The molecule has 0 aliphatic heterocycles. The molecular formula is C16H14F3NO. The molecule has 0 unspecified atom stereocenters. The molecule has 2 aromatic carbocycles. The first-order valence-corrected chi connectivity index (χ1v) is 6.33. The van der Waals surface area contributed by atoms with E-state index in [2.05, 4.69) is 5.32 Å². The summed E-state index contributed by atoms with van der Waals surface area (Å²) in [5.41, 5.74) is -0.505. The van der Waals surface area contributed by atoms with Crippen LogP contribution in [0.1, 0.15) is 19.4 Å². The maximum atomic E-state index is 13.6. The molecule has 1 N–H and O–H groups in total. The van der Waals surface area contributed by atoms with Gasteiger partial charge in [0.25, 0.3) is 0 Å². The third kappa shape index (κ3) is 3.24. The highest BCUT2D eigenvalue weighted by molar-refractivity contribution is 5.98. The number of hydrogen-bond donors (Lipinski definition) is 1. The zero-order valence-corrected chi connectivity index (χ0v) is 11.6. The maximum Gasteiger partial charge on any atom is 0.234 e. The number of carbonyl (C=O) groups is 1. The number of amides is 1. The van der Waals surface area contributed by atoms with Crippen molar-refractivity contribution in [3.8, 4) is 0 Å². The van der Waals surface area contributed by atoms with Gasteiger partial charge in [0.05, 0.1) is 11.1 Å². The highest BCUT2D eigenvalue weighted by Gasteiger charge is 2.30. The van der Waals surface area contributed by atoms with Gasteiger partial charge in [-0.1, -0.05) is 12.1 Å². The second-order valence-electron chi connectivity index (χ2n) is 5.21. The van der Waals surface area contributed by atoms with E-state index in [1.807, 2.05) is 0 Å². The number of rotatable bonds is 3. The van der Waals surface area contributed by atoms with Crippen LogP contribution in [-0.2, 0) is 10.2 Å². The molecule has 0 saturated carbocycles. The molecule has 0 fully saturated rings. The van der Waals surface area contributed by atoms with Crippen molar-refractivity contribution in [2.45, 2.75) is 19.3 Å². The summed E-state index contributed by atoms with van der Waals surface area (Å²) in [5.74, 6) is -2.44. The van der Waals surface area contributed by atoms with Gasteiger partial charge in [0.1, 0.15) is 17.5 Å². The standard InChI is InChI=1S/C16H14F3NO/c1-16(2,10-3-5-11(17)6-4-10)15(21)20-14-8-7-12(18)9-13(14)19/h3-9H,1-2H3,(H,20,21). The van der Waals surface area contributed by atoms with Gasteiger partial charge in [-0.25, -0.2) is 13.2 Å². The molecule has 0 bridgehead atoms. The van der Waals surface area contributed by atoms with Crippen molar-refractivity contribution < 1.29 is 18.0 Å². The summed E-state index contributed by atoms with van der Waals surface area (Å²) in [7, 11) is 0. The molecule has 110 valence electrons. The van der Waals surface area contributed by atoms with E-state index in [1.54, 1.807) is 13.8 Å². The average Bonchev–Trinajstić information content (AvgIpc) is 2.42. The van der Waals surface area contributed by atoms with Gasteiger partial charge in [0, 0.05) is 6.07 Å². The van der Waals surface area contributed by atoms with Crippen molar-refractivity contribution in [2.75, 3.05) is 5.32 Å². The second-order valence-corrected chi connectivity index (χ2v) is 5.21. The van der Waals surface area contributed by atoms with Crippen LogP contribution < -0.4 is 5.32 Å². The smallest absolute Gasteiger partial charge is 0.234 e. The fraction of sp³-hybridized carbons (Fsp3) is 0.188. The van der Waals surface area contributed by atoms with E-state index >= 15 is 0 Å². The van der Waals surface area contributed by atoms with Gasteiger partial charge in [-0.3, -0.25) is 4.79 Å². The molecule has 0 heterocycles. The third-order valence-corrected chi connectivity index (χ3v) is 3.31. The van der Waals surface area contributed by atoms with E-state index in [4.69, 9.17) is 0 Å². The molecule has 2 nitrogen and oxygen atoms in total.